The van der Waals surface area contributed by atoms with Crippen molar-refractivity contribution in [3.63, 3.8) is 0 Å². The van der Waals surface area contributed by atoms with Gasteiger partial charge in [0.2, 0.25) is 17.1 Å². The first-order valence-corrected chi connectivity index (χ1v) is 5.11. The maximum atomic E-state index is 12.0. The van der Waals surface area contributed by atoms with Crippen LogP contribution in [0.15, 0.2) is 11.0 Å². The van der Waals surface area contributed by atoms with Crippen LogP contribution < -0.4 is 14.9 Å². The van der Waals surface area contributed by atoms with Crippen molar-refractivity contribution in [1.82, 2.24) is 4.98 Å². The van der Waals surface area contributed by atoms with Crippen LogP contribution in [-0.2, 0) is 5.33 Å². The first kappa shape index (κ1) is 12.9. The quantitative estimate of drug-likeness (QED) is 0.871. The van der Waals surface area contributed by atoms with E-state index in [1.165, 1.54) is 6.20 Å². The van der Waals surface area contributed by atoms with Crippen molar-refractivity contribution in [3.05, 3.63) is 22.0 Å². The zero-order valence-electron chi connectivity index (χ0n) is 8.02. The summed E-state index contributed by atoms with van der Waals surface area (Å²) in [7, 11) is 1.13. The summed E-state index contributed by atoms with van der Waals surface area (Å²) in [6.45, 7) is 0. The lowest BCUT2D eigenvalue weighted by Crippen LogP contribution is -2.24. The largest absolute Gasteiger partial charge is 0.573 e. The highest BCUT2D eigenvalue weighted by molar-refractivity contribution is 9.08. The van der Waals surface area contributed by atoms with E-state index in [1.807, 2.05) is 0 Å². The number of H-pyrrole nitrogens is 1. The molecule has 0 aromatic carbocycles. The Hall–Kier alpha value is -1.18. The molecule has 0 spiro atoms. The molecule has 1 rings (SSSR count). The van der Waals surface area contributed by atoms with Crippen molar-refractivity contribution in [1.29, 1.82) is 0 Å². The maximum absolute atomic E-state index is 12.0. The average molecular weight is 302 g/mol. The van der Waals surface area contributed by atoms with Gasteiger partial charge in [-0.1, -0.05) is 15.9 Å². The van der Waals surface area contributed by atoms with E-state index >= 15 is 0 Å². The molecule has 0 aliphatic rings. The van der Waals surface area contributed by atoms with E-state index in [9.17, 15) is 18.0 Å². The Kier molecular flexibility index (Phi) is 3.84. The van der Waals surface area contributed by atoms with E-state index in [1.54, 1.807) is 0 Å². The molecule has 0 unspecified atom stereocenters. The number of halogens is 4. The Morgan fingerprint density at radius 3 is 2.56 bits per heavy atom. The Bertz CT molecular complexity index is 430. The Balaban J connectivity index is 3.27. The minimum atomic E-state index is -4.94. The summed E-state index contributed by atoms with van der Waals surface area (Å²) < 4.78 is 44.3. The van der Waals surface area contributed by atoms with E-state index in [2.05, 4.69) is 30.4 Å². The Labute approximate surface area is 96.5 Å². The van der Waals surface area contributed by atoms with E-state index in [4.69, 9.17) is 0 Å². The first-order chi connectivity index (χ1) is 7.39. The van der Waals surface area contributed by atoms with Crippen LogP contribution in [0.4, 0.5) is 13.2 Å². The van der Waals surface area contributed by atoms with Crippen molar-refractivity contribution in [3.8, 4) is 11.6 Å². The Morgan fingerprint density at radius 2 is 2.12 bits per heavy atom. The van der Waals surface area contributed by atoms with Crippen LogP contribution in [0, 0.1) is 0 Å². The van der Waals surface area contributed by atoms with Gasteiger partial charge in [0, 0.05) is 17.1 Å². The van der Waals surface area contributed by atoms with Gasteiger partial charge in [-0.05, 0) is 0 Å². The second-order valence-electron chi connectivity index (χ2n) is 2.69. The fourth-order valence-corrected chi connectivity index (χ4v) is 1.41. The van der Waals surface area contributed by atoms with Crippen molar-refractivity contribution >= 4 is 15.9 Å². The SMILES string of the molecule is COc1[nH]cc(CBr)c(=O)c1OC(F)(F)F. The molecule has 0 saturated carbocycles. The van der Waals surface area contributed by atoms with Crippen LogP contribution in [0.3, 0.4) is 0 Å². The van der Waals surface area contributed by atoms with Gasteiger partial charge in [0.15, 0.2) is 0 Å². The van der Waals surface area contributed by atoms with Gasteiger partial charge in [0.05, 0.1) is 7.11 Å². The van der Waals surface area contributed by atoms with Crippen LogP contribution in [0.5, 0.6) is 11.6 Å². The van der Waals surface area contributed by atoms with Crippen LogP contribution >= 0.6 is 15.9 Å². The molecule has 1 heterocycles. The van der Waals surface area contributed by atoms with Gasteiger partial charge < -0.3 is 14.5 Å². The third kappa shape index (κ3) is 2.91. The van der Waals surface area contributed by atoms with E-state index < -0.39 is 17.5 Å². The third-order valence-corrected chi connectivity index (χ3v) is 2.25. The van der Waals surface area contributed by atoms with E-state index in [0.717, 1.165) is 7.11 Å². The lowest BCUT2D eigenvalue weighted by atomic mass is 10.3. The molecule has 16 heavy (non-hydrogen) atoms. The number of hydrogen-bond donors (Lipinski definition) is 1. The molecular formula is C8H7BrF3NO3. The number of rotatable bonds is 3. The molecule has 1 aromatic heterocycles. The molecule has 0 aliphatic carbocycles. The first-order valence-electron chi connectivity index (χ1n) is 3.99. The lowest BCUT2D eigenvalue weighted by molar-refractivity contribution is -0.275. The van der Waals surface area contributed by atoms with Gasteiger partial charge in [-0.15, -0.1) is 13.2 Å². The number of alkyl halides is 4. The third-order valence-electron chi connectivity index (χ3n) is 1.65. The van der Waals surface area contributed by atoms with Gasteiger partial charge >= 0.3 is 6.36 Å². The normalized spacial score (nSPS) is 11.3. The molecule has 8 heteroatoms. The molecular weight excluding hydrogens is 295 g/mol. The van der Waals surface area contributed by atoms with Crippen molar-refractivity contribution in [2.24, 2.45) is 0 Å². The number of nitrogens with one attached hydrogen (secondary N) is 1. The van der Waals surface area contributed by atoms with Gasteiger partial charge in [-0.25, -0.2) is 0 Å². The van der Waals surface area contributed by atoms with Crippen molar-refractivity contribution in [2.45, 2.75) is 11.7 Å². The second-order valence-corrected chi connectivity index (χ2v) is 3.25. The number of hydrogen-bond acceptors (Lipinski definition) is 3. The molecule has 0 fully saturated rings. The average Bonchev–Trinajstić information content (AvgIpc) is 2.19. The van der Waals surface area contributed by atoms with E-state index in [0.29, 0.717) is 0 Å². The molecule has 0 radical (unpaired) electrons. The zero-order valence-corrected chi connectivity index (χ0v) is 9.61. The van der Waals surface area contributed by atoms with Crippen LogP contribution in [0.2, 0.25) is 0 Å². The molecule has 0 bridgehead atoms. The molecule has 4 nitrogen and oxygen atoms in total. The van der Waals surface area contributed by atoms with E-state index in [-0.39, 0.29) is 16.8 Å². The van der Waals surface area contributed by atoms with Crippen LogP contribution in [-0.4, -0.2) is 18.5 Å². The molecule has 1 N–H and O–H groups in total. The summed E-state index contributed by atoms with van der Waals surface area (Å²) in [5.41, 5.74) is -0.759. The summed E-state index contributed by atoms with van der Waals surface area (Å²) in [4.78, 5) is 13.9. The van der Waals surface area contributed by atoms with Crippen LogP contribution in [0.1, 0.15) is 5.56 Å². The highest BCUT2D eigenvalue weighted by atomic mass is 79.9. The second kappa shape index (κ2) is 4.77. The summed E-state index contributed by atoms with van der Waals surface area (Å²) in [6.07, 6.45) is -3.69. The van der Waals surface area contributed by atoms with Crippen molar-refractivity contribution < 1.29 is 22.6 Å². The summed E-state index contributed by atoms with van der Waals surface area (Å²) in [6, 6.07) is 0. The topological polar surface area (TPSA) is 51.3 Å². The number of ether oxygens (including phenoxy) is 2. The number of methoxy groups -OCH3 is 1. The van der Waals surface area contributed by atoms with Gasteiger partial charge in [-0.2, -0.15) is 0 Å². The number of aromatic nitrogens is 1. The molecule has 0 atom stereocenters. The number of pyridine rings is 1. The highest BCUT2D eigenvalue weighted by Gasteiger charge is 2.34. The minimum Gasteiger partial charge on any atom is -0.480 e. The fraction of sp³-hybridized carbons (Fsp3) is 0.375. The predicted octanol–water partition coefficient (Wildman–Crippen LogP) is 2.18. The smallest absolute Gasteiger partial charge is 0.480 e. The molecule has 0 aliphatic heterocycles. The predicted molar refractivity (Wildman–Crippen MR) is 52.9 cm³/mol. The summed E-state index contributed by atoms with van der Waals surface area (Å²) in [5.74, 6) is -1.26. The van der Waals surface area contributed by atoms with Gasteiger partial charge in [-0.3, -0.25) is 4.79 Å². The summed E-state index contributed by atoms with van der Waals surface area (Å²) >= 11 is 2.97. The zero-order chi connectivity index (χ0) is 12.3. The molecule has 0 saturated heterocycles. The molecule has 0 amide bonds. The highest BCUT2D eigenvalue weighted by Crippen LogP contribution is 2.27. The maximum Gasteiger partial charge on any atom is 0.573 e. The monoisotopic (exact) mass is 301 g/mol. The minimum absolute atomic E-state index is 0.111. The van der Waals surface area contributed by atoms with Gasteiger partial charge in [0.1, 0.15) is 0 Å². The molecule has 1 aromatic rings. The van der Waals surface area contributed by atoms with Gasteiger partial charge in [0.25, 0.3) is 0 Å². The lowest BCUT2D eigenvalue weighted by Gasteiger charge is -2.12. The molecule has 90 valence electrons. The summed E-state index contributed by atoms with van der Waals surface area (Å²) in [5, 5.41) is 0.112. The van der Waals surface area contributed by atoms with Crippen molar-refractivity contribution in [2.75, 3.05) is 7.11 Å². The fourth-order valence-electron chi connectivity index (χ4n) is 0.992. The Morgan fingerprint density at radius 1 is 1.50 bits per heavy atom. The van der Waals surface area contributed by atoms with Crippen LogP contribution in [0.25, 0.3) is 0 Å². The standard InChI is InChI=1S/C8H7BrF3NO3/c1-15-7-6(16-8(10,11)12)5(14)4(2-9)3-13-7/h3H,2H2,1H3,(H,13,14). The number of aromatic amines is 1.